The molecule has 0 bridgehead atoms. The van der Waals surface area contributed by atoms with Crippen molar-refractivity contribution in [1.82, 2.24) is 9.29 Å². The molecule has 0 unspecified atom stereocenters. The zero-order valence-corrected chi connectivity index (χ0v) is 14.5. The number of nitrogens with one attached hydrogen (secondary N) is 1. The first-order valence-electron chi connectivity index (χ1n) is 7.77. The highest BCUT2D eigenvalue weighted by Gasteiger charge is 2.18. The Balaban J connectivity index is 1.84. The van der Waals surface area contributed by atoms with Crippen molar-refractivity contribution in [3.8, 4) is 5.75 Å². The van der Waals surface area contributed by atoms with E-state index in [1.165, 1.54) is 17.1 Å². The van der Waals surface area contributed by atoms with Gasteiger partial charge in [0, 0.05) is 18.5 Å². The third-order valence-electron chi connectivity index (χ3n) is 3.67. The smallest absolute Gasteiger partial charge is 0.268 e. The third-order valence-corrected chi connectivity index (χ3v) is 5.37. The van der Waals surface area contributed by atoms with E-state index in [0.717, 1.165) is 5.39 Å². The van der Waals surface area contributed by atoms with Crippen LogP contribution in [0.3, 0.4) is 0 Å². The molecule has 1 heterocycles. The minimum absolute atomic E-state index is 0.109. The van der Waals surface area contributed by atoms with Gasteiger partial charge in [-0.05, 0) is 36.4 Å². The van der Waals surface area contributed by atoms with E-state index in [1.807, 2.05) is 0 Å². The lowest BCUT2D eigenvalue weighted by Crippen LogP contribution is -2.25. The molecule has 0 saturated carbocycles. The molecule has 3 rings (SSSR count). The van der Waals surface area contributed by atoms with E-state index in [-0.39, 0.29) is 10.8 Å². The Labute approximate surface area is 146 Å². The Morgan fingerprint density at radius 3 is 2.60 bits per heavy atom. The number of rotatable bonds is 6. The van der Waals surface area contributed by atoms with Crippen molar-refractivity contribution in [2.24, 2.45) is 0 Å². The summed E-state index contributed by atoms with van der Waals surface area (Å²) in [5.41, 5.74) is 0.582. The van der Waals surface area contributed by atoms with E-state index in [0.29, 0.717) is 24.4 Å². The lowest BCUT2D eigenvalue weighted by molar-refractivity contribution is -0.119. The molecule has 0 aliphatic carbocycles. The summed E-state index contributed by atoms with van der Waals surface area (Å²) in [5, 5.41) is 3.41. The predicted molar refractivity (Wildman–Crippen MR) is 95.1 cm³/mol. The molecule has 130 valence electrons. The molecule has 0 aliphatic rings. The molecule has 6 nitrogen and oxygen atoms in total. The largest absolute Gasteiger partial charge is 0.492 e. The Morgan fingerprint density at radius 2 is 1.88 bits per heavy atom. The number of nitrogens with zero attached hydrogens (tertiary/aromatic N) is 1. The lowest BCUT2D eigenvalue weighted by Gasteiger charge is -2.09. The van der Waals surface area contributed by atoms with Gasteiger partial charge in [-0.2, -0.15) is 0 Å². The van der Waals surface area contributed by atoms with Gasteiger partial charge in [0.2, 0.25) is 5.91 Å². The van der Waals surface area contributed by atoms with Crippen LogP contribution in [0.4, 0.5) is 0 Å². The van der Waals surface area contributed by atoms with Gasteiger partial charge in [0.25, 0.3) is 10.0 Å². The summed E-state index contributed by atoms with van der Waals surface area (Å²) in [7, 11) is -3.64. The molecule has 2 aromatic carbocycles. The van der Waals surface area contributed by atoms with Crippen molar-refractivity contribution >= 4 is 26.8 Å². The maximum Gasteiger partial charge on any atom is 0.268 e. The fraction of sp³-hybridized carbons (Fsp3) is 0.167. The fourth-order valence-electron chi connectivity index (χ4n) is 2.50. The molecule has 0 aliphatic heterocycles. The number of carbonyl (C=O) groups excluding carboxylic acids is 1. The molecule has 1 amide bonds. The van der Waals surface area contributed by atoms with Gasteiger partial charge < -0.3 is 10.1 Å². The third kappa shape index (κ3) is 3.66. The van der Waals surface area contributed by atoms with Gasteiger partial charge in [-0.15, -0.1) is 0 Å². The number of amides is 1. The van der Waals surface area contributed by atoms with Crippen LogP contribution in [0.5, 0.6) is 5.75 Å². The fourth-order valence-corrected chi connectivity index (χ4v) is 3.87. The quantitative estimate of drug-likeness (QED) is 0.687. The zero-order chi connectivity index (χ0) is 17.9. The second-order valence-corrected chi connectivity index (χ2v) is 7.30. The highest BCUT2D eigenvalue weighted by molar-refractivity contribution is 7.90. The maximum absolute atomic E-state index is 12.8. The number of hydrogen-bond acceptors (Lipinski definition) is 4. The molecule has 7 heteroatoms. The number of fused-ring (bicyclic) bond motifs is 1. The van der Waals surface area contributed by atoms with Crippen LogP contribution in [-0.2, 0) is 14.8 Å². The Morgan fingerprint density at radius 1 is 1.12 bits per heavy atom. The van der Waals surface area contributed by atoms with Crippen molar-refractivity contribution in [3.63, 3.8) is 0 Å². The number of ether oxygens (including phenoxy) is 1. The van der Waals surface area contributed by atoms with Gasteiger partial charge in [-0.1, -0.05) is 18.2 Å². The second-order valence-electron chi connectivity index (χ2n) is 5.48. The van der Waals surface area contributed by atoms with E-state index in [4.69, 9.17) is 4.74 Å². The highest BCUT2D eigenvalue weighted by Crippen LogP contribution is 2.25. The van der Waals surface area contributed by atoms with Crippen molar-refractivity contribution in [1.29, 1.82) is 0 Å². The molecule has 0 saturated heterocycles. The zero-order valence-electron chi connectivity index (χ0n) is 13.7. The highest BCUT2D eigenvalue weighted by atomic mass is 32.2. The Bertz CT molecular complexity index is 994. The van der Waals surface area contributed by atoms with Gasteiger partial charge >= 0.3 is 0 Å². The predicted octanol–water partition coefficient (Wildman–Crippen LogP) is 2.39. The molecule has 0 spiro atoms. The van der Waals surface area contributed by atoms with Crippen LogP contribution in [0.15, 0.2) is 65.7 Å². The molecule has 0 radical (unpaired) electrons. The topological polar surface area (TPSA) is 77.4 Å². The molecule has 3 aromatic rings. The van der Waals surface area contributed by atoms with E-state index in [1.54, 1.807) is 54.6 Å². The summed E-state index contributed by atoms with van der Waals surface area (Å²) >= 11 is 0. The maximum atomic E-state index is 12.8. The molecular weight excluding hydrogens is 340 g/mol. The molecule has 25 heavy (non-hydrogen) atoms. The molecule has 1 N–H and O–H groups in total. The SMILES string of the molecule is CC(=O)NCCOc1ccc2c(ccn2S(=O)(=O)c2ccccc2)c1. The average molecular weight is 358 g/mol. The standard InChI is InChI=1S/C18H18N2O4S/c1-14(21)19-10-12-24-16-7-8-18-15(13-16)9-11-20(18)25(22,23)17-5-3-2-4-6-17/h2-9,11,13H,10,12H2,1H3,(H,19,21). The van der Waals surface area contributed by atoms with Crippen molar-refractivity contribution in [2.75, 3.05) is 13.2 Å². The molecule has 0 fully saturated rings. The monoisotopic (exact) mass is 358 g/mol. The van der Waals surface area contributed by atoms with Gasteiger partial charge in [0.1, 0.15) is 12.4 Å². The summed E-state index contributed by atoms with van der Waals surface area (Å²) < 4.78 is 32.4. The summed E-state index contributed by atoms with van der Waals surface area (Å²) in [5.74, 6) is 0.509. The number of hydrogen-bond donors (Lipinski definition) is 1. The van der Waals surface area contributed by atoms with E-state index >= 15 is 0 Å². The van der Waals surface area contributed by atoms with Gasteiger partial charge in [-0.3, -0.25) is 4.79 Å². The summed E-state index contributed by atoms with van der Waals surface area (Å²) in [6.07, 6.45) is 1.54. The Kier molecular flexibility index (Phi) is 4.76. The van der Waals surface area contributed by atoms with Crippen molar-refractivity contribution in [2.45, 2.75) is 11.8 Å². The normalized spacial score (nSPS) is 11.4. The first-order chi connectivity index (χ1) is 12.0. The number of carbonyl (C=O) groups is 1. The first kappa shape index (κ1) is 17.0. The number of aromatic nitrogens is 1. The van der Waals surface area contributed by atoms with Crippen LogP contribution in [0, 0.1) is 0 Å². The lowest BCUT2D eigenvalue weighted by atomic mass is 10.2. The van der Waals surface area contributed by atoms with Crippen LogP contribution >= 0.6 is 0 Å². The summed E-state index contributed by atoms with van der Waals surface area (Å²) in [6.45, 7) is 2.20. The molecule has 1 aromatic heterocycles. The summed E-state index contributed by atoms with van der Waals surface area (Å²) in [6, 6.07) is 15.2. The van der Waals surface area contributed by atoms with Crippen molar-refractivity contribution in [3.05, 3.63) is 60.8 Å². The number of benzene rings is 2. The average Bonchev–Trinajstić information content (AvgIpc) is 3.03. The Hall–Kier alpha value is -2.80. The molecular formula is C18H18N2O4S. The summed E-state index contributed by atoms with van der Waals surface area (Å²) in [4.78, 5) is 11.1. The van der Waals surface area contributed by atoms with Crippen LogP contribution in [0.25, 0.3) is 10.9 Å². The van der Waals surface area contributed by atoms with Crippen LogP contribution in [0.1, 0.15) is 6.92 Å². The van der Waals surface area contributed by atoms with Crippen LogP contribution in [0.2, 0.25) is 0 Å². The first-order valence-corrected chi connectivity index (χ1v) is 9.21. The minimum atomic E-state index is -3.64. The van der Waals surface area contributed by atoms with E-state index in [9.17, 15) is 13.2 Å². The molecule has 0 atom stereocenters. The van der Waals surface area contributed by atoms with Crippen LogP contribution in [-0.4, -0.2) is 31.4 Å². The van der Waals surface area contributed by atoms with Gasteiger partial charge in [0.05, 0.1) is 17.0 Å². The van der Waals surface area contributed by atoms with E-state index < -0.39 is 10.0 Å². The van der Waals surface area contributed by atoms with E-state index in [2.05, 4.69) is 5.32 Å². The van der Waals surface area contributed by atoms with Gasteiger partial charge in [0.15, 0.2) is 0 Å². The van der Waals surface area contributed by atoms with Crippen molar-refractivity contribution < 1.29 is 17.9 Å². The second kappa shape index (κ2) is 6.98. The minimum Gasteiger partial charge on any atom is -0.492 e. The van der Waals surface area contributed by atoms with Crippen LogP contribution < -0.4 is 10.1 Å². The van der Waals surface area contributed by atoms with Gasteiger partial charge in [-0.25, -0.2) is 12.4 Å².